The molecule has 1 atom stereocenters. The second kappa shape index (κ2) is 6.82. The zero-order valence-electron chi connectivity index (χ0n) is 11.9. The van der Waals surface area contributed by atoms with Gasteiger partial charge in [0, 0.05) is 24.5 Å². The third-order valence-corrected chi connectivity index (χ3v) is 4.02. The van der Waals surface area contributed by atoms with Gasteiger partial charge in [0.15, 0.2) is 0 Å². The fourth-order valence-electron chi connectivity index (χ4n) is 2.19. The molecule has 2 aromatic heterocycles. The maximum absolute atomic E-state index is 4.55. The van der Waals surface area contributed by atoms with Crippen molar-refractivity contribution in [2.75, 3.05) is 6.54 Å². The maximum Gasteiger partial charge on any atom is 0.0794 e. The van der Waals surface area contributed by atoms with Crippen molar-refractivity contribution in [3.05, 3.63) is 34.0 Å². The molecule has 5 heteroatoms. The Morgan fingerprint density at radius 2 is 2.26 bits per heavy atom. The minimum Gasteiger partial charge on any atom is -0.308 e. The van der Waals surface area contributed by atoms with Gasteiger partial charge in [-0.25, -0.2) is 0 Å². The lowest BCUT2D eigenvalue weighted by Gasteiger charge is -2.17. The summed E-state index contributed by atoms with van der Waals surface area (Å²) in [6.45, 7) is 5.36. The summed E-state index contributed by atoms with van der Waals surface area (Å²) in [6.07, 6.45) is 5.06. The highest BCUT2D eigenvalue weighted by atomic mass is 32.1. The highest BCUT2D eigenvalue weighted by Crippen LogP contribution is 2.21. The predicted molar refractivity (Wildman–Crippen MR) is 79.4 cm³/mol. The van der Waals surface area contributed by atoms with Crippen LogP contribution in [-0.2, 0) is 19.9 Å². The molecule has 0 aromatic carbocycles. The highest BCUT2D eigenvalue weighted by molar-refractivity contribution is 7.09. The van der Waals surface area contributed by atoms with Crippen molar-refractivity contribution in [3.63, 3.8) is 0 Å². The minimum absolute atomic E-state index is 0.318. The third-order valence-electron chi connectivity index (χ3n) is 3.22. The summed E-state index contributed by atoms with van der Waals surface area (Å²) in [5, 5.41) is 8.17. The molecule has 0 amide bonds. The van der Waals surface area contributed by atoms with Crippen molar-refractivity contribution in [2.24, 2.45) is 7.05 Å². The van der Waals surface area contributed by atoms with Crippen molar-refractivity contribution in [1.29, 1.82) is 0 Å². The SMILES string of the molecule is CCCNC(Cc1cncs1)c1cc(CC)nn1C. The van der Waals surface area contributed by atoms with Gasteiger partial charge in [-0.1, -0.05) is 13.8 Å². The number of thiazole rings is 1. The monoisotopic (exact) mass is 278 g/mol. The predicted octanol–water partition coefficient (Wildman–Crippen LogP) is 2.72. The average Bonchev–Trinajstić information content (AvgIpc) is 3.03. The van der Waals surface area contributed by atoms with Crippen molar-refractivity contribution < 1.29 is 0 Å². The van der Waals surface area contributed by atoms with E-state index in [9.17, 15) is 0 Å². The van der Waals surface area contributed by atoms with Gasteiger partial charge in [-0.2, -0.15) is 5.10 Å². The molecule has 4 nitrogen and oxygen atoms in total. The topological polar surface area (TPSA) is 42.7 Å². The molecule has 0 bridgehead atoms. The van der Waals surface area contributed by atoms with Crippen LogP contribution in [0.4, 0.5) is 0 Å². The van der Waals surface area contributed by atoms with E-state index in [4.69, 9.17) is 0 Å². The van der Waals surface area contributed by atoms with E-state index in [1.807, 2.05) is 23.4 Å². The Morgan fingerprint density at radius 3 is 2.84 bits per heavy atom. The van der Waals surface area contributed by atoms with Gasteiger partial charge >= 0.3 is 0 Å². The Hall–Kier alpha value is -1.20. The summed E-state index contributed by atoms with van der Waals surface area (Å²) in [4.78, 5) is 5.47. The Balaban J connectivity index is 2.17. The Kier molecular flexibility index (Phi) is 5.10. The summed E-state index contributed by atoms with van der Waals surface area (Å²) in [5.74, 6) is 0. The minimum atomic E-state index is 0.318. The van der Waals surface area contributed by atoms with E-state index in [1.165, 1.54) is 10.6 Å². The van der Waals surface area contributed by atoms with Crippen LogP contribution >= 0.6 is 11.3 Å². The summed E-state index contributed by atoms with van der Waals surface area (Å²) < 4.78 is 2.01. The van der Waals surface area contributed by atoms with Crippen LogP contribution in [0.3, 0.4) is 0 Å². The number of aromatic nitrogens is 3. The molecule has 0 radical (unpaired) electrons. The van der Waals surface area contributed by atoms with Gasteiger partial charge in [0.05, 0.1) is 22.9 Å². The number of hydrogen-bond acceptors (Lipinski definition) is 4. The van der Waals surface area contributed by atoms with E-state index in [-0.39, 0.29) is 0 Å². The zero-order chi connectivity index (χ0) is 13.7. The molecule has 1 N–H and O–H groups in total. The highest BCUT2D eigenvalue weighted by Gasteiger charge is 2.17. The number of nitrogens with one attached hydrogen (secondary N) is 1. The fourth-order valence-corrected chi connectivity index (χ4v) is 2.83. The number of rotatable bonds is 7. The molecule has 104 valence electrons. The van der Waals surface area contributed by atoms with Gasteiger partial charge in [-0.3, -0.25) is 9.67 Å². The standard InChI is InChI=1S/C14H22N4S/c1-4-6-16-13(8-12-9-15-10-19-12)14-7-11(5-2)17-18(14)3/h7,9-10,13,16H,4-6,8H2,1-3H3. The molecule has 0 aliphatic heterocycles. The molecule has 0 aliphatic carbocycles. The van der Waals surface area contributed by atoms with Crippen LogP contribution in [0, 0.1) is 0 Å². The second-order valence-corrected chi connectivity index (χ2v) is 5.69. The van der Waals surface area contributed by atoms with Gasteiger partial charge in [0.2, 0.25) is 0 Å². The third kappa shape index (κ3) is 3.64. The van der Waals surface area contributed by atoms with Crippen molar-refractivity contribution in [2.45, 2.75) is 39.2 Å². The Morgan fingerprint density at radius 1 is 1.42 bits per heavy atom. The van der Waals surface area contributed by atoms with Crippen molar-refractivity contribution in [1.82, 2.24) is 20.1 Å². The van der Waals surface area contributed by atoms with Crippen molar-refractivity contribution in [3.8, 4) is 0 Å². The fraction of sp³-hybridized carbons (Fsp3) is 0.571. The van der Waals surface area contributed by atoms with Crippen LogP contribution in [-0.4, -0.2) is 21.3 Å². The molecular formula is C14H22N4S. The Labute approximate surface area is 118 Å². The Bertz CT molecular complexity index is 490. The maximum atomic E-state index is 4.55. The van der Waals surface area contributed by atoms with E-state index in [0.717, 1.165) is 31.5 Å². The summed E-state index contributed by atoms with van der Waals surface area (Å²) in [6, 6.07) is 2.53. The van der Waals surface area contributed by atoms with Crippen LogP contribution in [0.2, 0.25) is 0 Å². The molecule has 0 fully saturated rings. The van der Waals surface area contributed by atoms with Crippen LogP contribution < -0.4 is 5.32 Å². The number of nitrogens with zero attached hydrogens (tertiary/aromatic N) is 3. The van der Waals surface area contributed by atoms with E-state index in [0.29, 0.717) is 6.04 Å². The first-order valence-electron chi connectivity index (χ1n) is 6.88. The van der Waals surface area contributed by atoms with Gasteiger partial charge in [-0.05, 0) is 25.5 Å². The van der Waals surface area contributed by atoms with Crippen LogP contribution in [0.25, 0.3) is 0 Å². The molecule has 19 heavy (non-hydrogen) atoms. The van der Waals surface area contributed by atoms with E-state index in [2.05, 4.69) is 35.3 Å². The van der Waals surface area contributed by atoms with E-state index in [1.54, 1.807) is 11.3 Å². The van der Waals surface area contributed by atoms with E-state index >= 15 is 0 Å². The first kappa shape index (κ1) is 14.2. The normalized spacial score (nSPS) is 12.8. The van der Waals surface area contributed by atoms with Crippen LogP contribution in [0.1, 0.15) is 42.6 Å². The molecule has 2 aromatic rings. The van der Waals surface area contributed by atoms with Gasteiger partial charge in [0.25, 0.3) is 0 Å². The second-order valence-electron chi connectivity index (χ2n) is 4.72. The van der Waals surface area contributed by atoms with Gasteiger partial charge in [0.1, 0.15) is 0 Å². The molecular weight excluding hydrogens is 256 g/mol. The van der Waals surface area contributed by atoms with E-state index < -0.39 is 0 Å². The molecule has 0 saturated heterocycles. The lowest BCUT2D eigenvalue weighted by atomic mass is 10.1. The lowest BCUT2D eigenvalue weighted by molar-refractivity contribution is 0.495. The zero-order valence-corrected chi connectivity index (χ0v) is 12.7. The summed E-state index contributed by atoms with van der Waals surface area (Å²) >= 11 is 1.72. The molecule has 2 rings (SSSR count). The molecule has 2 heterocycles. The quantitative estimate of drug-likeness (QED) is 0.847. The smallest absolute Gasteiger partial charge is 0.0794 e. The first-order chi connectivity index (χ1) is 9.24. The molecule has 0 saturated carbocycles. The largest absolute Gasteiger partial charge is 0.308 e. The lowest BCUT2D eigenvalue weighted by Crippen LogP contribution is -2.25. The first-order valence-corrected chi connectivity index (χ1v) is 7.76. The molecule has 0 aliphatic rings. The van der Waals surface area contributed by atoms with Gasteiger partial charge < -0.3 is 5.32 Å². The van der Waals surface area contributed by atoms with Gasteiger partial charge in [-0.15, -0.1) is 11.3 Å². The van der Waals surface area contributed by atoms with Crippen molar-refractivity contribution >= 4 is 11.3 Å². The molecule has 1 unspecified atom stereocenters. The average molecular weight is 278 g/mol. The number of aryl methyl sites for hydroxylation is 2. The van der Waals surface area contributed by atoms with Crippen LogP contribution in [0.15, 0.2) is 17.8 Å². The van der Waals surface area contributed by atoms with Crippen LogP contribution in [0.5, 0.6) is 0 Å². The molecule has 0 spiro atoms. The summed E-state index contributed by atoms with van der Waals surface area (Å²) in [7, 11) is 2.03. The number of hydrogen-bond donors (Lipinski definition) is 1. The summed E-state index contributed by atoms with van der Waals surface area (Å²) in [5.41, 5.74) is 4.32.